The maximum absolute atomic E-state index is 11.1. The van der Waals surface area contributed by atoms with Gasteiger partial charge in [-0.1, -0.05) is 25.6 Å². The Morgan fingerprint density at radius 2 is 2.12 bits per heavy atom. The molecule has 2 unspecified atom stereocenters. The zero-order valence-corrected chi connectivity index (χ0v) is 11.9. The van der Waals surface area contributed by atoms with Crippen LogP contribution < -0.4 is 5.32 Å². The Labute approximate surface area is 102 Å². The molecule has 1 rings (SSSR count). The average molecular weight is 264 g/mol. The van der Waals surface area contributed by atoms with E-state index in [9.17, 15) is 8.42 Å². The Bertz CT molecular complexity index is 363. The minimum atomic E-state index is -2.92. The maximum atomic E-state index is 11.1. The first-order chi connectivity index (χ1) is 7.28. The summed E-state index contributed by atoms with van der Waals surface area (Å²) in [4.78, 5) is 4.38. The van der Waals surface area contributed by atoms with Crippen LogP contribution >= 0.6 is 11.8 Å². The molecule has 0 aromatic heterocycles. The molecule has 1 N–H and O–H groups in total. The van der Waals surface area contributed by atoms with Crippen LogP contribution in [0.4, 0.5) is 0 Å². The predicted molar refractivity (Wildman–Crippen MR) is 70.8 cm³/mol. The molecule has 1 aliphatic rings. The molecule has 0 fully saturated rings. The fourth-order valence-electron chi connectivity index (χ4n) is 1.52. The van der Waals surface area contributed by atoms with E-state index in [4.69, 9.17) is 0 Å². The van der Waals surface area contributed by atoms with Crippen molar-refractivity contribution in [1.82, 2.24) is 5.32 Å². The summed E-state index contributed by atoms with van der Waals surface area (Å²) in [6.07, 6.45) is 1.26. The van der Waals surface area contributed by atoms with Crippen LogP contribution in [0.2, 0.25) is 0 Å². The summed E-state index contributed by atoms with van der Waals surface area (Å²) < 4.78 is 22.2. The molecule has 1 heterocycles. The van der Waals surface area contributed by atoms with E-state index in [2.05, 4.69) is 24.2 Å². The number of amidine groups is 1. The van der Waals surface area contributed by atoms with Crippen molar-refractivity contribution in [1.29, 1.82) is 0 Å². The van der Waals surface area contributed by atoms with Crippen molar-refractivity contribution in [3.63, 3.8) is 0 Å². The number of hydrogen-bond donors (Lipinski definition) is 1. The molecule has 0 spiro atoms. The number of nitrogens with zero attached hydrogens (tertiary/aromatic N) is 1. The molecule has 2 atom stereocenters. The molecular weight excluding hydrogens is 244 g/mol. The smallest absolute Gasteiger partial charge is 0.157 e. The van der Waals surface area contributed by atoms with E-state index in [0.29, 0.717) is 11.2 Å². The molecule has 0 bridgehead atoms. The van der Waals surface area contributed by atoms with Gasteiger partial charge in [-0.2, -0.15) is 0 Å². The fourth-order valence-corrected chi connectivity index (χ4v) is 3.64. The van der Waals surface area contributed by atoms with Crippen LogP contribution in [-0.4, -0.2) is 43.4 Å². The molecule has 6 heteroatoms. The summed E-state index contributed by atoms with van der Waals surface area (Å²) >= 11 is 1.72. The minimum Gasteiger partial charge on any atom is -0.361 e. The third-order valence-corrected chi connectivity index (χ3v) is 4.92. The van der Waals surface area contributed by atoms with Gasteiger partial charge in [0.1, 0.15) is 9.84 Å². The lowest BCUT2D eigenvalue weighted by Gasteiger charge is -2.15. The van der Waals surface area contributed by atoms with E-state index >= 15 is 0 Å². The third kappa shape index (κ3) is 4.74. The van der Waals surface area contributed by atoms with Crippen molar-refractivity contribution in [2.24, 2.45) is 10.9 Å². The highest BCUT2D eigenvalue weighted by Gasteiger charge is 2.23. The van der Waals surface area contributed by atoms with Crippen molar-refractivity contribution in [2.45, 2.75) is 32.1 Å². The van der Waals surface area contributed by atoms with Crippen LogP contribution in [0.5, 0.6) is 0 Å². The molecular formula is C10H20N2O2S2. The number of rotatable bonds is 4. The highest BCUT2D eigenvalue weighted by molar-refractivity contribution is 8.14. The van der Waals surface area contributed by atoms with E-state index in [1.165, 1.54) is 6.26 Å². The molecule has 0 saturated carbocycles. The Hall–Kier alpha value is -0.230. The Morgan fingerprint density at radius 1 is 1.50 bits per heavy atom. The number of aliphatic imine (C=N–C) groups is 1. The summed E-state index contributed by atoms with van der Waals surface area (Å²) in [6.45, 7) is 7.05. The molecule has 0 aromatic rings. The van der Waals surface area contributed by atoms with Crippen LogP contribution in [0.25, 0.3) is 0 Å². The molecule has 4 nitrogen and oxygen atoms in total. The molecule has 0 radical (unpaired) electrons. The van der Waals surface area contributed by atoms with Crippen LogP contribution in [0.15, 0.2) is 4.99 Å². The molecule has 94 valence electrons. The quantitative estimate of drug-likeness (QED) is 0.827. The minimum absolute atomic E-state index is 0.0767. The van der Waals surface area contributed by atoms with Crippen LogP contribution in [-0.2, 0) is 9.84 Å². The van der Waals surface area contributed by atoms with Gasteiger partial charge in [0.2, 0.25) is 0 Å². The SMILES string of the molecule is CC(CS(C)(=O)=O)NC1=NCC(C(C)C)S1. The molecule has 0 saturated heterocycles. The number of thioether (sulfide) groups is 1. The lowest BCUT2D eigenvalue weighted by molar-refractivity contribution is 0.591. The topological polar surface area (TPSA) is 58.5 Å². The summed E-state index contributed by atoms with van der Waals surface area (Å²) in [5, 5.41) is 4.56. The lowest BCUT2D eigenvalue weighted by Crippen LogP contribution is -2.35. The van der Waals surface area contributed by atoms with Crippen molar-refractivity contribution in [3.05, 3.63) is 0 Å². The Balaban J connectivity index is 2.40. The van der Waals surface area contributed by atoms with E-state index in [1.807, 2.05) is 6.92 Å². The molecule has 1 aliphatic heterocycles. The largest absolute Gasteiger partial charge is 0.361 e. The van der Waals surface area contributed by atoms with Crippen LogP contribution in [0.3, 0.4) is 0 Å². The highest BCUT2D eigenvalue weighted by Crippen LogP contribution is 2.26. The normalized spacial score (nSPS) is 23.3. The van der Waals surface area contributed by atoms with Gasteiger partial charge in [0.15, 0.2) is 5.17 Å². The predicted octanol–water partition coefficient (Wildman–Crippen LogP) is 1.14. The van der Waals surface area contributed by atoms with Crippen LogP contribution in [0, 0.1) is 5.92 Å². The average Bonchev–Trinajstić information content (AvgIpc) is 2.48. The number of sulfone groups is 1. The van der Waals surface area contributed by atoms with Crippen LogP contribution in [0.1, 0.15) is 20.8 Å². The van der Waals surface area contributed by atoms with Gasteiger partial charge >= 0.3 is 0 Å². The first-order valence-corrected chi connectivity index (χ1v) is 8.37. The molecule has 0 aliphatic carbocycles. The number of nitrogens with one attached hydrogen (secondary N) is 1. The van der Waals surface area contributed by atoms with Gasteiger partial charge in [-0.15, -0.1) is 0 Å². The van der Waals surface area contributed by atoms with Crippen molar-refractivity contribution < 1.29 is 8.42 Å². The first kappa shape index (κ1) is 13.8. The van der Waals surface area contributed by atoms with E-state index in [0.717, 1.165) is 11.7 Å². The molecule has 0 amide bonds. The van der Waals surface area contributed by atoms with Gasteiger partial charge in [-0.25, -0.2) is 8.42 Å². The Morgan fingerprint density at radius 3 is 2.56 bits per heavy atom. The van der Waals surface area contributed by atoms with Crippen molar-refractivity contribution >= 4 is 26.8 Å². The highest BCUT2D eigenvalue weighted by atomic mass is 32.2. The van der Waals surface area contributed by atoms with Gasteiger partial charge in [0.25, 0.3) is 0 Å². The van der Waals surface area contributed by atoms with Crippen molar-refractivity contribution in [2.75, 3.05) is 18.6 Å². The second kappa shape index (κ2) is 5.40. The van der Waals surface area contributed by atoms with E-state index < -0.39 is 9.84 Å². The lowest BCUT2D eigenvalue weighted by atomic mass is 10.1. The standard InChI is InChI=1S/C10H20N2O2S2/c1-7(2)9-5-11-10(15-9)12-8(3)6-16(4,13)14/h7-9H,5-6H2,1-4H3,(H,11,12). The summed E-state index contributed by atoms with van der Waals surface area (Å²) in [5.41, 5.74) is 0. The summed E-state index contributed by atoms with van der Waals surface area (Å²) in [7, 11) is -2.92. The second-order valence-corrected chi connectivity index (χ2v) is 8.10. The monoisotopic (exact) mass is 264 g/mol. The maximum Gasteiger partial charge on any atom is 0.157 e. The van der Waals surface area contributed by atoms with Gasteiger partial charge in [-0.3, -0.25) is 4.99 Å². The van der Waals surface area contributed by atoms with Gasteiger partial charge < -0.3 is 5.32 Å². The van der Waals surface area contributed by atoms with Gasteiger partial charge in [0, 0.05) is 17.5 Å². The van der Waals surface area contributed by atoms with Crippen molar-refractivity contribution in [3.8, 4) is 0 Å². The summed E-state index contributed by atoms with van der Waals surface area (Å²) in [6, 6.07) is -0.0767. The summed E-state index contributed by atoms with van der Waals surface area (Å²) in [5.74, 6) is 0.747. The number of hydrogen-bond acceptors (Lipinski definition) is 5. The first-order valence-electron chi connectivity index (χ1n) is 5.43. The Kier molecular flexibility index (Phi) is 4.67. The zero-order chi connectivity index (χ0) is 12.3. The van der Waals surface area contributed by atoms with Gasteiger partial charge in [0.05, 0.1) is 12.3 Å². The molecule has 16 heavy (non-hydrogen) atoms. The van der Waals surface area contributed by atoms with E-state index in [1.54, 1.807) is 11.8 Å². The van der Waals surface area contributed by atoms with E-state index in [-0.39, 0.29) is 11.8 Å². The van der Waals surface area contributed by atoms with Gasteiger partial charge in [-0.05, 0) is 12.8 Å². The fraction of sp³-hybridized carbons (Fsp3) is 0.900. The second-order valence-electron chi connectivity index (χ2n) is 4.68. The molecule has 0 aromatic carbocycles. The zero-order valence-electron chi connectivity index (χ0n) is 10.2. The third-order valence-electron chi connectivity index (χ3n) is 2.34.